The summed E-state index contributed by atoms with van der Waals surface area (Å²) in [5.74, 6) is -1.87. The van der Waals surface area contributed by atoms with Gasteiger partial charge < -0.3 is 10.2 Å². The van der Waals surface area contributed by atoms with E-state index in [9.17, 15) is 19.8 Å². The van der Waals surface area contributed by atoms with Gasteiger partial charge in [0, 0.05) is 5.41 Å². The summed E-state index contributed by atoms with van der Waals surface area (Å²) >= 11 is 0. The summed E-state index contributed by atoms with van der Waals surface area (Å²) in [7, 11) is 0. The topological polar surface area (TPSA) is 74.6 Å². The Morgan fingerprint density at radius 1 is 0.704 bits per heavy atom. The molecule has 0 amide bonds. The van der Waals surface area contributed by atoms with Crippen molar-refractivity contribution in [2.24, 2.45) is 0 Å². The Balaban J connectivity index is 2.04. The Labute approximate surface area is 158 Å². The van der Waals surface area contributed by atoms with Crippen LogP contribution in [0.4, 0.5) is 0 Å². The first kappa shape index (κ1) is 17.8. The molecule has 0 saturated heterocycles. The van der Waals surface area contributed by atoms with Crippen molar-refractivity contribution in [1.29, 1.82) is 0 Å². The zero-order chi connectivity index (χ0) is 19.8. The van der Waals surface area contributed by atoms with Crippen molar-refractivity contribution in [1.82, 2.24) is 0 Å². The summed E-state index contributed by atoms with van der Waals surface area (Å²) in [5, 5.41) is 19.0. The van der Waals surface area contributed by atoms with Gasteiger partial charge in [0.1, 0.15) is 0 Å². The van der Waals surface area contributed by atoms with Crippen molar-refractivity contribution in [3.8, 4) is 0 Å². The molecule has 27 heavy (non-hydrogen) atoms. The summed E-state index contributed by atoms with van der Waals surface area (Å²) in [6.07, 6.45) is 1.69. The molecule has 140 valence electrons. The molecule has 2 aromatic carbocycles. The first-order valence-corrected chi connectivity index (χ1v) is 9.25. The van der Waals surface area contributed by atoms with E-state index in [0.717, 1.165) is 35.1 Å². The third-order valence-electron chi connectivity index (χ3n) is 6.51. The van der Waals surface area contributed by atoms with Gasteiger partial charge in [0.2, 0.25) is 0 Å². The van der Waals surface area contributed by atoms with Gasteiger partial charge in [0.15, 0.2) is 0 Å². The Kier molecular flexibility index (Phi) is 3.43. The van der Waals surface area contributed by atoms with Crippen LogP contribution in [0.1, 0.15) is 83.5 Å². The van der Waals surface area contributed by atoms with E-state index < -0.39 is 11.9 Å². The molecule has 4 nitrogen and oxygen atoms in total. The highest BCUT2D eigenvalue weighted by atomic mass is 16.4. The van der Waals surface area contributed by atoms with Crippen LogP contribution in [0, 0.1) is 0 Å². The van der Waals surface area contributed by atoms with Gasteiger partial charge in [-0.25, -0.2) is 9.59 Å². The number of carboxylic acids is 2. The van der Waals surface area contributed by atoms with Gasteiger partial charge in [-0.15, -0.1) is 0 Å². The second-order valence-electron chi connectivity index (χ2n) is 9.33. The van der Waals surface area contributed by atoms with E-state index >= 15 is 0 Å². The SMILES string of the molecule is CC1(C)CC2(CC(C)(C)c3ccc(C(=O)O)cc32)c2cc(C(=O)O)ccc21. The molecule has 0 saturated carbocycles. The molecule has 0 aromatic heterocycles. The predicted octanol–water partition coefficient (Wildman–Crippen LogP) is 4.73. The number of rotatable bonds is 2. The van der Waals surface area contributed by atoms with E-state index in [1.54, 1.807) is 12.1 Å². The van der Waals surface area contributed by atoms with Gasteiger partial charge in [-0.2, -0.15) is 0 Å². The average Bonchev–Trinajstić information content (AvgIpc) is 2.94. The summed E-state index contributed by atoms with van der Waals surface area (Å²) < 4.78 is 0. The fourth-order valence-electron chi connectivity index (χ4n) is 5.61. The van der Waals surface area contributed by atoms with Gasteiger partial charge in [0.25, 0.3) is 0 Å². The molecule has 2 aromatic rings. The van der Waals surface area contributed by atoms with E-state index in [2.05, 4.69) is 27.7 Å². The van der Waals surface area contributed by atoms with Gasteiger partial charge in [-0.3, -0.25) is 0 Å². The molecule has 4 rings (SSSR count). The normalized spacial score (nSPS) is 20.3. The van der Waals surface area contributed by atoms with E-state index in [0.29, 0.717) is 0 Å². The number of benzene rings is 2. The highest BCUT2D eigenvalue weighted by Crippen LogP contribution is 2.62. The largest absolute Gasteiger partial charge is 0.478 e. The van der Waals surface area contributed by atoms with E-state index in [1.807, 2.05) is 24.3 Å². The Morgan fingerprint density at radius 3 is 1.41 bits per heavy atom. The lowest BCUT2D eigenvalue weighted by Gasteiger charge is -2.30. The summed E-state index contributed by atoms with van der Waals surface area (Å²) in [5.41, 5.74) is 4.41. The second kappa shape index (κ2) is 5.22. The van der Waals surface area contributed by atoms with Crippen LogP contribution in [0.25, 0.3) is 0 Å². The number of fused-ring (bicyclic) bond motifs is 4. The van der Waals surface area contributed by atoms with Gasteiger partial charge in [-0.05, 0) is 70.2 Å². The minimum Gasteiger partial charge on any atom is -0.478 e. The monoisotopic (exact) mass is 364 g/mol. The highest BCUT2D eigenvalue weighted by Gasteiger charge is 2.56. The van der Waals surface area contributed by atoms with Crippen LogP contribution in [0.5, 0.6) is 0 Å². The van der Waals surface area contributed by atoms with Crippen LogP contribution in [-0.4, -0.2) is 22.2 Å². The van der Waals surface area contributed by atoms with Crippen molar-refractivity contribution >= 4 is 11.9 Å². The molecule has 0 bridgehead atoms. The molecular weight excluding hydrogens is 340 g/mol. The highest BCUT2D eigenvalue weighted by molar-refractivity contribution is 5.89. The molecule has 0 atom stereocenters. The molecule has 2 aliphatic carbocycles. The van der Waals surface area contributed by atoms with Crippen LogP contribution in [0.15, 0.2) is 36.4 Å². The lowest BCUT2D eigenvalue weighted by molar-refractivity contribution is 0.0686. The fourth-order valence-corrected chi connectivity index (χ4v) is 5.61. The van der Waals surface area contributed by atoms with E-state index in [-0.39, 0.29) is 27.4 Å². The van der Waals surface area contributed by atoms with E-state index in [1.165, 1.54) is 0 Å². The smallest absolute Gasteiger partial charge is 0.335 e. The first-order valence-electron chi connectivity index (χ1n) is 9.25. The maximum absolute atomic E-state index is 11.6. The number of aromatic carboxylic acids is 2. The average molecular weight is 364 g/mol. The molecule has 2 aliphatic rings. The third kappa shape index (κ3) is 2.35. The van der Waals surface area contributed by atoms with Crippen LogP contribution in [0.3, 0.4) is 0 Å². The van der Waals surface area contributed by atoms with Crippen LogP contribution in [0.2, 0.25) is 0 Å². The zero-order valence-electron chi connectivity index (χ0n) is 16.1. The number of hydrogen-bond donors (Lipinski definition) is 2. The fraction of sp³-hybridized carbons (Fsp3) is 0.391. The lowest BCUT2D eigenvalue weighted by Crippen LogP contribution is -2.27. The molecule has 2 N–H and O–H groups in total. The standard InChI is InChI=1S/C23H24O4/c1-21(2)11-23(17-9-13(19(24)25)5-7-15(17)21)12-22(3,4)16-8-6-14(20(26)27)10-18(16)23/h5-10H,11-12H2,1-4H3,(H,24,25)(H,26,27). The number of carbonyl (C=O) groups is 2. The number of hydrogen-bond acceptors (Lipinski definition) is 2. The van der Waals surface area contributed by atoms with Gasteiger partial charge >= 0.3 is 11.9 Å². The lowest BCUT2D eigenvalue weighted by atomic mass is 9.72. The molecule has 0 fully saturated rings. The van der Waals surface area contributed by atoms with E-state index in [4.69, 9.17) is 0 Å². The van der Waals surface area contributed by atoms with Crippen molar-refractivity contribution < 1.29 is 19.8 Å². The summed E-state index contributed by atoms with van der Waals surface area (Å²) in [6.45, 7) is 8.75. The third-order valence-corrected chi connectivity index (χ3v) is 6.51. The maximum atomic E-state index is 11.6. The Bertz CT molecular complexity index is 916. The Hall–Kier alpha value is -2.62. The van der Waals surface area contributed by atoms with Crippen molar-refractivity contribution in [2.45, 2.75) is 56.8 Å². The quantitative estimate of drug-likeness (QED) is 0.808. The minimum absolute atomic E-state index is 0.108. The van der Waals surface area contributed by atoms with Crippen LogP contribution < -0.4 is 0 Å². The van der Waals surface area contributed by atoms with Gasteiger partial charge in [-0.1, -0.05) is 39.8 Å². The van der Waals surface area contributed by atoms with Crippen LogP contribution in [-0.2, 0) is 16.2 Å². The second-order valence-corrected chi connectivity index (χ2v) is 9.33. The zero-order valence-corrected chi connectivity index (χ0v) is 16.1. The molecule has 0 radical (unpaired) electrons. The van der Waals surface area contributed by atoms with Crippen molar-refractivity contribution in [3.63, 3.8) is 0 Å². The summed E-state index contributed by atoms with van der Waals surface area (Å²) in [4.78, 5) is 23.2. The van der Waals surface area contributed by atoms with Crippen molar-refractivity contribution in [2.75, 3.05) is 0 Å². The molecule has 0 heterocycles. The van der Waals surface area contributed by atoms with Crippen LogP contribution >= 0.6 is 0 Å². The molecule has 0 aliphatic heterocycles. The molecule has 0 unspecified atom stereocenters. The number of carboxylic acid groups (broad SMARTS) is 2. The minimum atomic E-state index is -0.936. The molecule has 4 heteroatoms. The molecular formula is C23H24O4. The first-order chi connectivity index (χ1) is 12.5. The maximum Gasteiger partial charge on any atom is 0.335 e. The van der Waals surface area contributed by atoms with Gasteiger partial charge in [0.05, 0.1) is 11.1 Å². The molecule has 1 spiro atoms. The summed E-state index contributed by atoms with van der Waals surface area (Å²) in [6, 6.07) is 10.9. The predicted molar refractivity (Wildman–Crippen MR) is 103 cm³/mol. The Morgan fingerprint density at radius 2 is 1.07 bits per heavy atom. The van der Waals surface area contributed by atoms with Crippen molar-refractivity contribution in [3.05, 3.63) is 69.8 Å².